The average Bonchev–Trinajstić information content (AvgIpc) is 2.62. The molecule has 1 aliphatic heterocycles. The number of β-amino-alcohol motifs (C(OH)–C–C–N with tert-alkyl or cyclic N) is 1. The van der Waals surface area contributed by atoms with Crippen LogP contribution in [0.4, 0.5) is 5.69 Å². The van der Waals surface area contributed by atoms with E-state index >= 15 is 0 Å². The molecule has 0 spiro atoms. The molecule has 100 valence electrons. The largest absolute Gasteiger partial charge is 0.395 e. The first-order chi connectivity index (χ1) is 9.02. The average molecular weight is 301 g/mol. The van der Waals surface area contributed by atoms with Gasteiger partial charge in [-0.25, -0.2) is 0 Å². The molecule has 0 bridgehead atoms. The van der Waals surface area contributed by atoms with Crippen LogP contribution in [0.3, 0.4) is 0 Å². The molecular weight excluding hydrogens is 291 g/mol. The van der Waals surface area contributed by atoms with Gasteiger partial charge in [0.2, 0.25) is 0 Å². The van der Waals surface area contributed by atoms with Gasteiger partial charge in [0.25, 0.3) is 11.8 Å². The van der Waals surface area contributed by atoms with Crippen molar-refractivity contribution in [3.8, 4) is 0 Å². The van der Waals surface area contributed by atoms with Gasteiger partial charge in [-0.1, -0.05) is 23.2 Å². The molecule has 0 atom stereocenters. The Bertz CT molecular complexity index is 572. The molecule has 0 radical (unpaired) electrons. The Labute approximate surface area is 119 Å². The summed E-state index contributed by atoms with van der Waals surface area (Å²) in [5, 5.41) is 12.4. The number of nitrogens with zero attached hydrogens (tertiary/aromatic N) is 1. The normalized spacial score (nSPS) is 14.9. The Morgan fingerprint density at radius 3 is 2.68 bits per heavy atom. The lowest BCUT2D eigenvalue weighted by Gasteiger charge is -2.14. The molecular formula is C12H10Cl2N2O3. The molecule has 0 unspecified atom stereocenters. The minimum absolute atomic E-state index is 0.0391. The van der Waals surface area contributed by atoms with Gasteiger partial charge in [0.1, 0.15) is 5.70 Å². The summed E-state index contributed by atoms with van der Waals surface area (Å²) in [6.07, 6.45) is 1.16. The van der Waals surface area contributed by atoms with E-state index in [0.29, 0.717) is 15.7 Å². The van der Waals surface area contributed by atoms with Crippen LogP contribution in [0.1, 0.15) is 0 Å². The van der Waals surface area contributed by atoms with E-state index in [1.807, 2.05) is 0 Å². The number of anilines is 1. The standard InChI is InChI=1S/C12H10Cl2N2O3/c13-7-1-2-8(14)9(5-7)15-10-6-11(18)16(3-4-17)12(10)19/h1-2,5-6,15,17H,3-4H2. The smallest absolute Gasteiger partial charge is 0.277 e. The van der Waals surface area contributed by atoms with Crippen molar-refractivity contribution in [3.63, 3.8) is 0 Å². The zero-order valence-electron chi connectivity index (χ0n) is 9.69. The van der Waals surface area contributed by atoms with Gasteiger partial charge >= 0.3 is 0 Å². The lowest BCUT2D eigenvalue weighted by molar-refractivity contribution is -0.137. The van der Waals surface area contributed by atoms with Gasteiger partial charge < -0.3 is 10.4 Å². The van der Waals surface area contributed by atoms with Gasteiger partial charge in [0.05, 0.1) is 23.9 Å². The number of aliphatic hydroxyl groups is 1. The van der Waals surface area contributed by atoms with Gasteiger partial charge in [-0.3, -0.25) is 14.5 Å². The van der Waals surface area contributed by atoms with Crippen LogP contribution in [-0.2, 0) is 9.59 Å². The van der Waals surface area contributed by atoms with Crippen LogP contribution in [0.25, 0.3) is 0 Å². The van der Waals surface area contributed by atoms with Crippen molar-refractivity contribution >= 4 is 40.7 Å². The Morgan fingerprint density at radius 1 is 1.26 bits per heavy atom. The molecule has 2 N–H and O–H groups in total. The number of carbonyl (C=O) groups excluding carboxylic acids is 2. The van der Waals surface area contributed by atoms with E-state index in [2.05, 4.69) is 5.32 Å². The first-order valence-electron chi connectivity index (χ1n) is 5.43. The summed E-state index contributed by atoms with van der Waals surface area (Å²) in [5.74, 6) is -0.977. The van der Waals surface area contributed by atoms with Crippen molar-refractivity contribution in [3.05, 3.63) is 40.0 Å². The second-order valence-corrected chi connectivity index (χ2v) is 4.67. The van der Waals surface area contributed by atoms with Gasteiger partial charge in [-0.15, -0.1) is 0 Å². The predicted octanol–water partition coefficient (Wildman–Crippen LogP) is 1.65. The number of hydrogen-bond donors (Lipinski definition) is 2. The first kappa shape index (κ1) is 13.9. The van der Waals surface area contributed by atoms with Crippen LogP contribution in [0.5, 0.6) is 0 Å². The van der Waals surface area contributed by atoms with Crippen molar-refractivity contribution in [2.75, 3.05) is 18.5 Å². The van der Waals surface area contributed by atoms with Crippen molar-refractivity contribution in [2.45, 2.75) is 0 Å². The number of aliphatic hydroxyl groups excluding tert-OH is 1. The molecule has 2 amide bonds. The highest BCUT2D eigenvalue weighted by molar-refractivity contribution is 6.35. The van der Waals surface area contributed by atoms with Gasteiger partial charge in [-0.05, 0) is 18.2 Å². The Morgan fingerprint density at radius 2 is 2.00 bits per heavy atom. The molecule has 7 heteroatoms. The highest BCUT2D eigenvalue weighted by Gasteiger charge is 2.30. The highest BCUT2D eigenvalue weighted by atomic mass is 35.5. The quantitative estimate of drug-likeness (QED) is 0.830. The number of rotatable bonds is 4. The maximum Gasteiger partial charge on any atom is 0.277 e. The maximum atomic E-state index is 11.9. The van der Waals surface area contributed by atoms with Crippen LogP contribution in [-0.4, -0.2) is 35.0 Å². The summed E-state index contributed by atoms with van der Waals surface area (Å²) >= 11 is 11.8. The number of amides is 2. The second kappa shape index (κ2) is 5.61. The third kappa shape index (κ3) is 2.89. The number of nitrogens with one attached hydrogen (secondary N) is 1. The fourth-order valence-corrected chi connectivity index (χ4v) is 1.99. The summed E-state index contributed by atoms with van der Waals surface area (Å²) < 4.78 is 0. The monoisotopic (exact) mass is 300 g/mol. The topological polar surface area (TPSA) is 69.6 Å². The summed E-state index contributed by atoms with van der Waals surface area (Å²) in [7, 11) is 0. The molecule has 0 saturated carbocycles. The van der Waals surface area contributed by atoms with E-state index in [4.69, 9.17) is 28.3 Å². The maximum absolute atomic E-state index is 11.9. The van der Waals surface area contributed by atoms with Gasteiger partial charge in [0.15, 0.2) is 0 Å². The molecule has 2 rings (SSSR count). The van der Waals surface area contributed by atoms with E-state index in [9.17, 15) is 9.59 Å². The van der Waals surface area contributed by atoms with Gasteiger partial charge in [0, 0.05) is 11.1 Å². The second-order valence-electron chi connectivity index (χ2n) is 3.83. The SMILES string of the molecule is O=C1C=C(Nc2cc(Cl)ccc2Cl)C(=O)N1CCO. The number of hydrogen-bond acceptors (Lipinski definition) is 4. The molecule has 0 aliphatic carbocycles. The van der Waals surface area contributed by atoms with E-state index in [0.717, 1.165) is 11.0 Å². The highest BCUT2D eigenvalue weighted by Crippen LogP contribution is 2.27. The lowest BCUT2D eigenvalue weighted by atomic mass is 10.3. The summed E-state index contributed by atoms with van der Waals surface area (Å²) in [6.45, 7) is -0.320. The summed E-state index contributed by atoms with van der Waals surface area (Å²) in [4.78, 5) is 24.4. The lowest BCUT2D eigenvalue weighted by Crippen LogP contribution is -2.34. The van der Waals surface area contributed by atoms with Crippen molar-refractivity contribution < 1.29 is 14.7 Å². The minimum Gasteiger partial charge on any atom is -0.395 e. The van der Waals surface area contributed by atoms with E-state index in [-0.39, 0.29) is 18.8 Å². The van der Waals surface area contributed by atoms with Crippen LogP contribution in [0.2, 0.25) is 10.0 Å². The number of halogens is 2. The molecule has 19 heavy (non-hydrogen) atoms. The molecule has 1 aromatic carbocycles. The van der Waals surface area contributed by atoms with Crippen LogP contribution >= 0.6 is 23.2 Å². The first-order valence-corrected chi connectivity index (χ1v) is 6.19. The molecule has 1 aliphatic rings. The molecule has 1 aromatic rings. The fourth-order valence-electron chi connectivity index (χ4n) is 1.65. The molecule has 0 aromatic heterocycles. The van der Waals surface area contributed by atoms with Crippen molar-refractivity contribution in [1.82, 2.24) is 4.90 Å². The third-order valence-corrected chi connectivity index (χ3v) is 3.10. The molecule has 0 fully saturated rings. The van der Waals surface area contributed by atoms with Crippen LogP contribution in [0, 0.1) is 0 Å². The third-order valence-electron chi connectivity index (χ3n) is 2.53. The number of carbonyl (C=O) groups is 2. The number of benzene rings is 1. The van der Waals surface area contributed by atoms with Crippen molar-refractivity contribution in [2.24, 2.45) is 0 Å². The van der Waals surface area contributed by atoms with Crippen molar-refractivity contribution in [1.29, 1.82) is 0 Å². The predicted molar refractivity (Wildman–Crippen MR) is 72.0 cm³/mol. The fraction of sp³-hybridized carbons (Fsp3) is 0.167. The zero-order chi connectivity index (χ0) is 14.0. The Hall–Kier alpha value is -1.56. The van der Waals surface area contributed by atoms with E-state index in [1.54, 1.807) is 18.2 Å². The summed E-state index contributed by atoms with van der Waals surface area (Å²) in [6, 6.07) is 4.75. The Balaban J connectivity index is 2.20. The minimum atomic E-state index is -0.505. The van der Waals surface area contributed by atoms with Gasteiger partial charge in [-0.2, -0.15) is 0 Å². The van der Waals surface area contributed by atoms with E-state index < -0.39 is 11.8 Å². The molecule has 1 heterocycles. The number of imide groups is 1. The Kier molecular flexibility index (Phi) is 4.09. The molecule has 0 saturated heterocycles. The van der Waals surface area contributed by atoms with E-state index in [1.165, 1.54) is 0 Å². The van der Waals surface area contributed by atoms with Crippen LogP contribution < -0.4 is 5.32 Å². The molecule has 5 nitrogen and oxygen atoms in total. The summed E-state index contributed by atoms with van der Waals surface area (Å²) in [5.41, 5.74) is 0.537. The van der Waals surface area contributed by atoms with Crippen LogP contribution in [0.15, 0.2) is 30.0 Å². The zero-order valence-corrected chi connectivity index (χ0v) is 11.2.